The molecule has 0 saturated carbocycles. The summed E-state index contributed by atoms with van der Waals surface area (Å²) in [7, 11) is 0. The Hall–Kier alpha value is -3.68. The van der Waals surface area contributed by atoms with Crippen LogP contribution < -0.4 is 21.1 Å². The van der Waals surface area contributed by atoms with Crippen molar-refractivity contribution >= 4 is 17.4 Å². The van der Waals surface area contributed by atoms with Crippen molar-refractivity contribution in [3.8, 4) is 11.4 Å². The molecule has 5 rings (SSSR count). The van der Waals surface area contributed by atoms with Gasteiger partial charge in [-0.05, 0) is 68.7 Å². The van der Waals surface area contributed by atoms with E-state index in [1.165, 1.54) is 0 Å². The third-order valence-corrected chi connectivity index (χ3v) is 7.69. The van der Waals surface area contributed by atoms with Crippen molar-refractivity contribution in [1.29, 1.82) is 0 Å². The van der Waals surface area contributed by atoms with Crippen molar-refractivity contribution in [2.45, 2.75) is 45.8 Å². The lowest BCUT2D eigenvalue weighted by Crippen LogP contribution is -2.66. The number of imidazole rings is 1. The van der Waals surface area contributed by atoms with Gasteiger partial charge in [-0.3, -0.25) is 0 Å². The number of aromatic nitrogens is 2. The summed E-state index contributed by atoms with van der Waals surface area (Å²) < 4.78 is 8.64. The van der Waals surface area contributed by atoms with E-state index in [1.54, 1.807) is 17.4 Å². The number of hydrogen-bond donors (Lipinski definition) is 2. The Morgan fingerprint density at radius 1 is 1.09 bits per heavy atom. The molecule has 0 spiro atoms. The van der Waals surface area contributed by atoms with Gasteiger partial charge < -0.3 is 30.6 Å². The zero-order valence-corrected chi connectivity index (χ0v) is 20.2. The van der Waals surface area contributed by atoms with Crippen molar-refractivity contribution in [2.24, 2.45) is 5.73 Å². The minimum atomic E-state index is -0.609. The van der Waals surface area contributed by atoms with Crippen LogP contribution in [-0.4, -0.2) is 51.8 Å². The molecule has 4 N–H and O–H groups in total. The minimum Gasteiger partial charge on any atom is -0.484 e. The van der Waals surface area contributed by atoms with Crippen molar-refractivity contribution in [1.82, 2.24) is 14.5 Å². The molecule has 2 aliphatic heterocycles. The van der Waals surface area contributed by atoms with Crippen LogP contribution in [0.3, 0.4) is 0 Å². The molecule has 2 aromatic carbocycles. The van der Waals surface area contributed by atoms with E-state index in [2.05, 4.69) is 54.9 Å². The Balaban J connectivity index is 1.45. The topological polar surface area (TPSA) is 103 Å². The molecule has 3 aromatic rings. The van der Waals surface area contributed by atoms with E-state index < -0.39 is 11.6 Å². The van der Waals surface area contributed by atoms with E-state index in [0.29, 0.717) is 26.1 Å². The number of nitrogen functional groups attached to an aromatic ring is 1. The zero-order chi connectivity index (χ0) is 24.2. The number of anilines is 2. The number of carbonyl (C=O) groups excluding carboxylic acids is 1. The number of rotatable bonds is 3. The monoisotopic (exact) mass is 460 g/mol. The molecule has 2 unspecified atom stereocenters. The Labute approximate surface area is 200 Å². The van der Waals surface area contributed by atoms with Gasteiger partial charge in [0, 0.05) is 61.1 Å². The molecule has 2 atom stereocenters. The lowest BCUT2D eigenvalue weighted by atomic mass is 9.86. The van der Waals surface area contributed by atoms with Gasteiger partial charge in [-0.2, -0.15) is 0 Å². The van der Waals surface area contributed by atoms with E-state index in [-0.39, 0.29) is 6.04 Å². The van der Waals surface area contributed by atoms with Gasteiger partial charge in [0.05, 0.1) is 12.4 Å². The quantitative estimate of drug-likeness (QED) is 0.584. The summed E-state index contributed by atoms with van der Waals surface area (Å²) in [6, 6.07) is 7.75. The number of carbonyl (C=O) groups is 1. The molecule has 1 fully saturated rings. The predicted molar refractivity (Wildman–Crippen MR) is 134 cm³/mol. The van der Waals surface area contributed by atoms with Crippen LogP contribution >= 0.6 is 0 Å². The van der Waals surface area contributed by atoms with Crippen molar-refractivity contribution in [2.75, 3.05) is 30.3 Å². The Morgan fingerprint density at radius 3 is 2.44 bits per heavy atom. The molecular weight excluding hydrogens is 428 g/mol. The zero-order valence-electron chi connectivity index (χ0n) is 20.2. The fourth-order valence-electron chi connectivity index (χ4n) is 5.42. The number of hydrogen-bond acceptors (Lipinski definition) is 5. The van der Waals surface area contributed by atoms with Crippen LogP contribution in [0.25, 0.3) is 5.69 Å². The van der Waals surface area contributed by atoms with Gasteiger partial charge in [-0.15, -0.1) is 0 Å². The maximum absolute atomic E-state index is 12.4. The summed E-state index contributed by atoms with van der Waals surface area (Å²) in [6.07, 6.45) is 6.15. The molecule has 3 heterocycles. The number of primary amides is 1. The van der Waals surface area contributed by atoms with Gasteiger partial charge in [-0.1, -0.05) is 0 Å². The summed E-state index contributed by atoms with van der Waals surface area (Å²) in [5.74, 6) is 0.901. The minimum absolute atomic E-state index is 0.209. The standard InChI is InChI=1S/C26H32N6O2/c1-16-17(2)24-21(18(3)23(16)27)13-26(4,34-24)22-14-30(11-12-32(22)25(28)33)19-5-7-20(8-6-19)31-10-9-29-15-31/h5-10,15,22H,11-14,27H2,1-4H3,(H2,28,33). The lowest BCUT2D eigenvalue weighted by Gasteiger charge is -2.47. The first-order valence-corrected chi connectivity index (χ1v) is 11.7. The highest BCUT2D eigenvalue weighted by atomic mass is 16.5. The van der Waals surface area contributed by atoms with Crippen molar-refractivity contribution in [3.63, 3.8) is 0 Å². The number of piperazine rings is 1. The Kier molecular flexibility index (Phi) is 5.19. The number of benzene rings is 2. The third kappa shape index (κ3) is 3.45. The van der Waals surface area contributed by atoms with Crippen LogP contribution in [-0.2, 0) is 6.42 Å². The van der Waals surface area contributed by atoms with Crippen LogP contribution in [0.1, 0.15) is 29.2 Å². The number of urea groups is 1. The molecule has 0 bridgehead atoms. The molecule has 1 saturated heterocycles. The van der Waals surface area contributed by atoms with Crippen LogP contribution in [0.5, 0.6) is 5.75 Å². The Bertz CT molecular complexity index is 1200. The van der Waals surface area contributed by atoms with Gasteiger partial charge in [-0.25, -0.2) is 9.78 Å². The second kappa shape index (κ2) is 7.97. The number of amides is 2. The van der Waals surface area contributed by atoms with Gasteiger partial charge in [0.15, 0.2) is 0 Å². The Morgan fingerprint density at radius 2 is 1.79 bits per heavy atom. The van der Waals surface area contributed by atoms with Crippen molar-refractivity contribution in [3.05, 3.63) is 65.2 Å². The highest BCUT2D eigenvalue weighted by Crippen LogP contribution is 2.46. The van der Waals surface area contributed by atoms with E-state index in [4.69, 9.17) is 16.2 Å². The smallest absolute Gasteiger partial charge is 0.315 e. The first kappa shape index (κ1) is 22.1. The summed E-state index contributed by atoms with van der Waals surface area (Å²) in [5, 5.41) is 0. The van der Waals surface area contributed by atoms with Crippen molar-refractivity contribution < 1.29 is 9.53 Å². The van der Waals surface area contributed by atoms with Gasteiger partial charge >= 0.3 is 6.03 Å². The summed E-state index contributed by atoms with van der Waals surface area (Å²) in [4.78, 5) is 20.6. The van der Waals surface area contributed by atoms with E-state index in [1.807, 2.05) is 17.7 Å². The molecule has 2 aliphatic rings. The number of nitrogens with zero attached hydrogens (tertiary/aromatic N) is 4. The second-order valence-corrected chi connectivity index (χ2v) is 9.67. The maximum Gasteiger partial charge on any atom is 0.315 e. The number of ether oxygens (including phenoxy) is 1. The third-order valence-electron chi connectivity index (χ3n) is 7.69. The second-order valence-electron chi connectivity index (χ2n) is 9.67. The normalized spacial score (nSPS) is 21.9. The fourth-order valence-corrected chi connectivity index (χ4v) is 5.42. The average Bonchev–Trinajstić information content (AvgIpc) is 3.50. The fraction of sp³-hybridized carbons (Fsp3) is 0.385. The average molecular weight is 461 g/mol. The van der Waals surface area contributed by atoms with Gasteiger partial charge in [0.25, 0.3) is 0 Å². The van der Waals surface area contributed by atoms with E-state index >= 15 is 0 Å². The van der Waals surface area contributed by atoms with Gasteiger partial charge in [0.2, 0.25) is 0 Å². The first-order valence-electron chi connectivity index (χ1n) is 11.7. The van der Waals surface area contributed by atoms with Gasteiger partial charge in [0.1, 0.15) is 11.4 Å². The van der Waals surface area contributed by atoms with E-state index in [0.717, 1.165) is 45.1 Å². The molecule has 8 heteroatoms. The molecule has 34 heavy (non-hydrogen) atoms. The lowest BCUT2D eigenvalue weighted by molar-refractivity contribution is 0.0159. The molecule has 2 amide bonds. The summed E-state index contributed by atoms with van der Waals surface area (Å²) >= 11 is 0. The number of nitrogens with two attached hydrogens (primary N) is 2. The first-order chi connectivity index (χ1) is 16.2. The predicted octanol–water partition coefficient (Wildman–Crippen LogP) is 3.34. The van der Waals surface area contributed by atoms with E-state index in [9.17, 15) is 4.79 Å². The van der Waals surface area contributed by atoms with Crippen LogP contribution in [0.15, 0.2) is 43.0 Å². The molecule has 0 aliphatic carbocycles. The highest BCUT2D eigenvalue weighted by molar-refractivity contribution is 5.73. The highest BCUT2D eigenvalue weighted by Gasteiger charge is 2.49. The molecule has 178 valence electrons. The maximum atomic E-state index is 12.4. The SMILES string of the molecule is Cc1c(C)c2c(c(C)c1N)CC(C)(C1CN(c3ccc(-n4ccnc4)cc3)CCN1C(N)=O)O2. The van der Waals surface area contributed by atoms with Crippen LogP contribution in [0, 0.1) is 20.8 Å². The molecule has 8 nitrogen and oxygen atoms in total. The number of fused-ring (bicyclic) bond motifs is 1. The molecule has 0 radical (unpaired) electrons. The molecular formula is C26H32N6O2. The molecule has 1 aromatic heterocycles. The van der Waals surface area contributed by atoms with Crippen LogP contribution in [0.2, 0.25) is 0 Å². The van der Waals surface area contributed by atoms with Crippen LogP contribution in [0.4, 0.5) is 16.2 Å². The largest absolute Gasteiger partial charge is 0.484 e. The summed E-state index contributed by atoms with van der Waals surface area (Å²) in [6.45, 7) is 10.1. The summed E-state index contributed by atoms with van der Waals surface area (Å²) in [5.41, 5.74) is 18.9.